The van der Waals surface area contributed by atoms with Crippen molar-refractivity contribution in [2.24, 2.45) is 5.92 Å². The molecule has 2 aliphatic carbocycles. The molecule has 0 radical (unpaired) electrons. The van der Waals surface area contributed by atoms with Gasteiger partial charge in [-0.25, -0.2) is 4.39 Å². The van der Waals surface area contributed by atoms with E-state index >= 15 is 0 Å². The Kier molecular flexibility index (Phi) is 7.67. The highest BCUT2D eigenvalue weighted by atomic mass is 32.2. The number of carbonyl (C=O) groups is 2. The summed E-state index contributed by atoms with van der Waals surface area (Å²) in [6.07, 6.45) is 8.20. The molecule has 3 unspecified atom stereocenters. The average Bonchev–Trinajstić information content (AvgIpc) is 3.35. The number of fused-ring (bicyclic) bond motifs is 1. The van der Waals surface area contributed by atoms with Crippen LogP contribution in [0.1, 0.15) is 69.6 Å². The predicted octanol–water partition coefficient (Wildman–Crippen LogP) is 3.70. The van der Waals surface area contributed by atoms with Crippen molar-refractivity contribution in [1.82, 2.24) is 26.1 Å². The molecule has 8 nitrogen and oxygen atoms in total. The lowest BCUT2D eigenvalue weighted by Crippen LogP contribution is -2.60. The molecular weight excluding hydrogens is 469 g/mol. The van der Waals surface area contributed by atoms with Crippen LogP contribution >= 0.6 is 11.8 Å². The summed E-state index contributed by atoms with van der Waals surface area (Å²) in [4.78, 5) is 24.8. The van der Waals surface area contributed by atoms with Crippen LogP contribution in [-0.2, 0) is 9.59 Å². The number of thioether (sulfide) groups is 1. The maximum absolute atomic E-state index is 13.1. The molecule has 1 aromatic carbocycles. The van der Waals surface area contributed by atoms with Gasteiger partial charge in [0.25, 0.3) is 0 Å². The molecule has 3 aliphatic rings. The van der Waals surface area contributed by atoms with Gasteiger partial charge in [0, 0.05) is 35.7 Å². The van der Waals surface area contributed by atoms with Gasteiger partial charge in [0.05, 0.1) is 5.92 Å². The zero-order valence-corrected chi connectivity index (χ0v) is 20.5. The van der Waals surface area contributed by atoms with Gasteiger partial charge in [-0.05, 0) is 62.8 Å². The molecule has 3 fully saturated rings. The van der Waals surface area contributed by atoms with E-state index in [2.05, 4.69) is 26.1 Å². The second kappa shape index (κ2) is 11.1. The van der Waals surface area contributed by atoms with Gasteiger partial charge in [-0.2, -0.15) is 0 Å². The zero-order valence-electron chi connectivity index (χ0n) is 19.7. The maximum atomic E-state index is 13.1. The van der Waals surface area contributed by atoms with Gasteiger partial charge >= 0.3 is 0 Å². The second-order valence-electron chi connectivity index (χ2n) is 9.74. The van der Waals surface area contributed by atoms with E-state index in [4.69, 9.17) is 4.42 Å². The number of carbonyl (C=O) groups excluding carboxylic acids is 2. The van der Waals surface area contributed by atoms with E-state index in [1.807, 2.05) is 0 Å². The Balaban J connectivity index is 1.02. The summed E-state index contributed by atoms with van der Waals surface area (Å²) in [7, 11) is 0. The summed E-state index contributed by atoms with van der Waals surface area (Å²) in [5.41, 5.74) is 0.588. The van der Waals surface area contributed by atoms with Gasteiger partial charge in [-0.15, -0.1) is 22.0 Å². The van der Waals surface area contributed by atoms with Crippen molar-refractivity contribution in [3.8, 4) is 11.5 Å². The lowest BCUT2D eigenvalue weighted by Gasteiger charge is -2.39. The molecule has 3 N–H and O–H groups in total. The molecule has 2 aromatic rings. The third-order valence-electron chi connectivity index (χ3n) is 7.33. The number of nitrogens with one attached hydrogen (secondary N) is 3. The number of benzene rings is 1. The number of nitrogens with zero attached hydrogens (tertiary/aromatic N) is 2. The molecule has 5 rings (SSSR count). The van der Waals surface area contributed by atoms with Gasteiger partial charge < -0.3 is 15.1 Å². The number of amides is 2. The van der Waals surface area contributed by atoms with E-state index in [0.717, 1.165) is 44.9 Å². The van der Waals surface area contributed by atoms with E-state index in [0.29, 0.717) is 29.5 Å². The largest absolute Gasteiger partial charge is 0.420 e. The lowest BCUT2D eigenvalue weighted by atomic mass is 9.83. The van der Waals surface area contributed by atoms with Crippen LogP contribution in [0.4, 0.5) is 4.39 Å². The fourth-order valence-electron chi connectivity index (χ4n) is 5.37. The zero-order chi connectivity index (χ0) is 24.2. The summed E-state index contributed by atoms with van der Waals surface area (Å²) in [5, 5.41) is 18.1. The first-order valence-corrected chi connectivity index (χ1v) is 13.7. The van der Waals surface area contributed by atoms with E-state index < -0.39 is 0 Å². The van der Waals surface area contributed by atoms with Crippen molar-refractivity contribution in [3.05, 3.63) is 36.0 Å². The van der Waals surface area contributed by atoms with Crippen molar-refractivity contribution >= 4 is 23.6 Å². The molecule has 1 saturated heterocycles. The van der Waals surface area contributed by atoms with Crippen LogP contribution in [0.5, 0.6) is 0 Å². The molecule has 2 saturated carbocycles. The summed E-state index contributed by atoms with van der Waals surface area (Å²) in [6.45, 7) is 0. The highest BCUT2D eigenvalue weighted by molar-refractivity contribution is 7.99. The first-order valence-electron chi connectivity index (χ1n) is 12.6. The fraction of sp³-hybridized carbons (Fsp3) is 0.600. The van der Waals surface area contributed by atoms with E-state index in [1.165, 1.54) is 18.6 Å². The minimum atomic E-state index is -0.303. The van der Waals surface area contributed by atoms with Crippen LogP contribution in [0.3, 0.4) is 0 Å². The maximum Gasteiger partial charge on any atom is 0.247 e. The first-order chi connectivity index (χ1) is 17.0. The molecule has 1 aromatic heterocycles. The van der Waals surface area contributed by atoms with Gasteiger partial charge in [0.15, 0.2) is 0 Å². The van der Waals surface area contributed by atoms with Crippen molar-refractivity contribution in [2.45, 2.75) is 81.3 Å². The SMILES string of the molecule is O=C(CCSC1NC(=O)C2CCCCC2N1)NC1CCC(c2nnc(-c3ccc(F)cc3)o2)CC1. The number of halogens is 1. The third kappa shape index (κ3) is 6.03. The van der Waals surface area contributed by atoms with Gasteiger partial charge in [-0.3, -0.25) is 14.9 Å². The van der Waals surface area contributed by atoms with Crippen LogP contribution in [-0.4, -0.2) is 45.3 Å². The Morgan fingerprint density at radius 1 is 1.09 bits per heavy atom. The Morgan fingerprint density at radius 3 is 2.66 bits per heavy atom. The quantitative estimate of drug-likeness (QED) is 0.531. The number of hydrogen-bond donors (Lipinski definition) is 3. The molecule has 0 bridgehead atoms. The summed E-state index contributed by atoms with van der Waals surface area (Å²) in [6, 6.07) is 6.42. The second-order valence-corrected chi connectivity index (χ2v) is 11.0. The molecular formula is C25H32FN5O3S. The Morgan fingerprint density at radius 2 is 1.86 bits per heavy atom. The topological polar surface area (TPSA) is 109 Å². The van der Waals surface area contributed by atoms with Crippen molar-refractivity contribution in [2.75, 3.05) is 5.75 Å². The number of hydrogen-bond acceptors (Lipinski definition) is 7. The Labute approximate surface area is 208 Å². The molecule has 35 heavy (non-hydrogen) atoms. The van der Waals surface area contributed by atoms with E-state index in [9.17, 15) is 14.0 Å². The van der Waals surface area contributed by atoms with E-state index in [-0.39, 0.29) is 47.0 Å². The van der Waals surface area contributed by atoms with Gasteiger partial charge in [-0.1, -0.05) is 12.8 Å². The van der Waals surface area contributed by atoms with Crippen molar-refractivity contribution < 1.29 is 18.4 Å². The first kappa shape index (κ1) is 24.2. The monoisotopic (exact) mass is 501 g/mol. The molecule has 10 heteroatoms. The minimum absolute atomic E-state index is 0.0509. The average molecular weight is 502 g/mol. The van der Waals surface area contributed by atoms with Gasteiger partial charge in [0.1, 0.15) is 11.3 Å². The number of aromatic nitrogens is 2. The fourth-order valence-corrected chi connectivity index (χ4v) is 6.38. The standard InChI is InChI=1S/C25H32FN5O3S/c26-17-9-5-15(6-10-17)23-30-31-24(34-23)16-7-11-18(12-8-16)27-21(32)13-14-35-25-28-20-4-2-1-3-19(20)22(33)29-25/h5-6,9-10,16,18-20,25,28H,1-4,7-8,11-14H2,(H,27,32)(H,29,33). The van der Waals surface area contributed by atoms with Crippen LogP contribution in [0.2, 0.25) is 0 Å². The van der Waals surface area contributed by atoms with Crippen LogP contribution in [0.15, 0.2) is 28.7 Å². The summed E-state index contributed by atoms with van der Waals surface area (Å²) < 4.78 is 19.0. The lowest BCUT2D eigenvalue weighted by molar-refractivity contribution is -0.129. The molecule has 1 aliphatic heterocycles. The molecule has 0 spiro atoms. The van der Waals surface area contributed by atoms with Crippen molar-refractivity contribution in [3.63, 3.8) is 0 Å². The smallest absolute Gasteiger partial charge is 0.247 e. The van der Waals surface area contributed by atoms with Crippen LogP contribution in [0, 0.1) is 11.7 Å². The highest BCUT2D eigenvalue weighted by Crippen LogP contribution is 2.34. The normalized spacial score (nSPS) is 28.7. The Hall–Kier alpha value is -2.46. The molecule has 2 amide bonds. The summed E-state index contributed by atoms with van der Waals surface area (Å²) >= 11 is 1.59. The molecule has 3 atom stereocenters. The number of rotatable bonds is 7. The highest BCUT2D eigenvalue weighted by Gasteiger charge is 2.37. The summed E-state index contributed by atoms with van der Waals surface area (Å²) in [5.74, 6) is 1.83. The minimum Gasteiger partial charge on any atom is -0.420 e. The molecule has 2 heterocycles. The Bertz CT molecular complexity index is 1020. The van der Waals surface area contributed by atoms with Crippen molar-refractivity contribution in [1.29, 1.82) is 0 Å². The van der Waals surface area contributed by atoms with Crippen LogP contribution < -0.4 is 16.0 Å². The molecule has 188 valence electrons. The van der Waals surface area contributed by atoms with E-state index in [1.54, 1.807) is 23.9 Å². The van der Waals surface area contributed by atoms with Crippen LogP contribution in [0.25, 0.3) is 11.5 Å². The van der Waals surface area contributed by atoms with Gasteiger partial charge in [0.2, 0.25) is 23.6 Å². The predicted molar refractivity (Wildman–Crippen MR) is 131 cm³/mol. The third-order valence-corrected chi connectivity index (χ3v) is 8.36.